The van der Waals surface area contributed by atoms with Gasteiger partial charge in [0.25, 0.3) is 0 Å². The molecule has 1 aromatic heterocycles. The molecule has 0 spiro atoms. The topological polar surface area (TPSA) is 38.9 Å². The predicted octanol–water partition coefficient (Wildman–Crippen LogP) is 2.61. The van der Waals surface area contributed by atoms with E-state index in [1.54, 1.807) is 6.07 Å². The molecule has 0 amide bonds. The van der Waals surface area contributed by atoms with Gasteiger partial charge in [0.05, 0.1) is 0 Å². The Balaban J connectivity index is 2.49. The number of nitrogens with two attached hydrogens (primary N) is 1. The lowest BCUT2D eigenvalue weighted by atomic mass is 10.1. The molecule has 2 aromatic rings. The Morgan fingerprint density at radius 3 is 2.40 bits per heavy atom. The fourth-order valence-electron chi connectivity index (χ4n) is 1.33. The van der Waals surface area contributed by atoms with Gasteiger partial charge in [0.1, 0.15) is 5.82 Å². The van der Waals surface area contributed by atoms with E-state index in [2.05, 4.69) is 4.98 Å². The second kappa shape index (κ2) is 3.65. The van der Waals surface area contributed by atoms with E-state index in [4.69, 9.17) is 5.73 Å². The van der Waals surface area contributed by atoms with Gasteiger partial charge < -0.3 is 5.73 Å². The second-order valence-corrected chi connectivity index (χ2v) is 3.14. The van der Waals surface area contributed by atoms with Gasteiger partial charge in [0, 0.05) is 17.4 Å². The smallest absolute Gasteiger partial charge is 0.212 e. The van der Waals surface area contributed by atoms with Crippen LogP contribution in [0.1, 0.15) is 0 Å². The van der Waals surface area contributed by atoms with Gasteiger partial charge in [-0.05, 0) is 35.9 Å². The maximum absolute atomic E-state index is 13.0. The van der Waals surface area contributed by atoms with E-state index in [1.807, 2.05) is 0 Å². The van der Waals surface area contributed by atoms with Gasteiger partial charge in [-0.15, -0.1) is 0 Å². The van der Waals surface area contributed by atoms with Crippen LogP contribution in [0.2, 0.25) is 0 Å². The third kappa shape index (κ3) is 2.10. The molecule has 0 atom stereocenters. The molecule has 0 aliphatic heterocycles. The van der Waals surface area contributed by atoms with Crippen LogP contribution in [0.25, 0.3) is 11.1 Å². The van der Waals surface area contributed by atoms with Crippen LogP contribution in [0, 0.1) is 11.8 Å². The summed E-state index contributed by atoms with van der Waals surface area (Å²) >= 11 is 0. The number of aromatic nitrogens is 1. The summed E-state index contributed by atoms with van der Waals surface area (Å²) in [5, 5.41) is 0. The van der Waals surface area contributed by atoms with E-state index in [0.29, 0.717) is 16.8 Å². The summed E-state index contributed by atoms with van der Waals surface area (Å²) in [5.41, 5.74) is 7.03. The van der Waals surface area contributed by atoms with E-state index < -0.39 is 11.8 Å². The van der Waals surface area contributed by atoms with Crippen LogP contribution in [0.4, 0.5) is 14.5 Å². The van der Waals surface area contributed by atoms with Crippen molar-refractivity contribution in [3.05, 3.63) is 48.3 Å². The third-order valence-electron chi connectivity index (χ3n) is 1.98. The van der Waals surface area contributed by atoms with Crippen molar-refractivity contribution in [2.45, 2.75) is 0 Å². The van der Waals surface area contributed by atoms with Gasteiger partial charge in [-0.25, -0.2) is 9.37 Å². The number of rotatable bonds is 1. The minimum atomic E-state index is -0.567. The summed E-state index contributed by atoms with van der Waals surface area (Å²) in [7, 11) is 0. The Morgan fingerprint density at radius 1 is 1.00 bits per heavy atom. The van der Waals surface area contributed by atoms with Crippen molar-refractivity contribution in [3.8, 4) is 11.1 Å². The summed E-state index contributed by atoms with van der Waals surface area (Å²) in [6, 6.07) is 6.90. The summed E-state index contributed by atoms with van der Waals surface area (Å²) in [6.45, 7) is 0. The number of halogens is 2. The van der Waals surface area contributed by atoms with Crippen molar-refractivity contribution >= 4 is 5.69 Å². The fraction of sp³-hybridized carbons (Fsp3) is 0. The highest BCUT2D eigenvalue weighted by atomic mass is 19.1. The molecule has 0 radical (unpaired) electrons. The van der Waals surface area contributed by atoms with Gasteiger partial charge in [-0.2, -0.15) is 4.39 Å². The zero-order chi connectivity index (χ0) is 10.8. The number of anilines is 1. The molecule has 0 fully saturated rings. The van der Waals surface area contributed by atoms with Gasteiger partial charge >= 0.3 is 0 Å². The van der Waals surface area contributed by atoms with Crippen LogP contribution in [0.5, 0.6) is 0 Å². The van der Waals surface area contributed by atoms with Crippen molar-refractivity contribution in [2.75, 3.05) is 5.73 Å². The number of benzene rings is 1. The summed E-state index contributed by atoms with van der Waals surface area (Å²) in [5.74, 6) is -0.988. The van der Waals surface area contributed by atoms with Crippen LogP contribution in [0.3, 0.4) is 0 Å². The first-order chi connectivity index (χ1) is 7.15. The SMILES string of the molecule is Nc1cc(F)cc(-c2ccc(F)nc2)c1. The van der Waals surface area contributed by atoms with Crippen molar-refractivity contribution < 1.29 is 8.78 Å². The number of hydrogen-bond acceptors (Lipinski definition) is 2. The Hall–Kier alpha value is -1.97. The Bertz CT molecular complexity index is 460. The largest absolute Gasteiger partial charge is 0.399 e. The lowest BCUT2D eigenvalue weighted by molar-refractivity contribution is 0.584. The number of nitrogens with zero attached hydrogens (tertiary/aromatic N) is 1. The van der Waals surface area contributed by atoms with Gasteiger partial charge in [-0.3, -0.25) is 0 Å². The lowest BCUT2D eigenvalue weighted by Gasteiger charge is -2.02. The van der Waals surface area contributed by atoms with Crippen molar-refractivity contribution in [1.29, 1.82) is 0 Å². The molecule has 0 unspecified atom stereocenters. The van der Waals surface area contributed by atoms with E-state index in [-0.39, 0.29) is 0 Å². The third-order valence-corrected chi connectivity index (χ3v) is 1.98. The molecule has 0 aliphatic rings. The number of hydrogen-bond donors (Lipinski definition) is 1. The molecule has 0 saturated carbocycles. The fourth-order valence-corrected chi connectivity index (χ4v) is 1.33. The van der Waals surface area contributed by atoms with Crippen molar-refractivity contribution in [3.63, 3.8) is 0 Å². The molecule has 2 nitrogen and oxygen atoms in total. The van der Waals surface area contributed by atoms with Crippen LogP contribution in [-0.2, 0) is 0 Å². The molecule has 1 heterocycles. The molecule has 0 aliphatic carbocycles. The zero-order valence-electron chi connectivity index (χ0n) is 7.74. The molecule has 0 saturated heterocycles. The average Bonchev–Trinajstić information content (AvgIpc) is 2.17. The highest BCUT2D eigenvalue weighted by Crippen LogP contribution is 2.22. The van der Waals surface area contributed by atoms with Gasteiger partial charge in [-0.1, -0.05) is 0 Å². The van der Waals surface area contributed by atoms with Crippen LogP contribution < -0.4 is 5.73 Å². The molecule has 15 heavy (non-hydrogen) atoms. The van der Waals surface area contributed by atoms with E-state index >= 15 is 0 Å². The average molecular weight is 206 g/mol. The predicted molar refractivity (Wildman–Crippen MR) is 54.0 cm³/mol. The van der Waals surface area contributed by atoms with Crippen LogP contribution in [0.15, 0.2) is 36.5 Å². The zero-order valence-corrected chi connectivity index (χ0v) is 7.74. The maximum atomic E-state index is 13.0. The maximum Gasteiger partial charge on any atom is 0.212 e. The first kappa shape index (κ1) is 9.58. The van der Waals surface area contributed by atoms with Crippen LogP contribution >= 0.6 is 0 Å². The molecule has 0 bridgehead atoms. The normalized spacial score (nSPS) is 10.3. The van der Waals surface area contributed by atoms with Crippen molar-refractivity contribution in [1.82, 2.24) is 4.98 Å². The first-order valence-corrected chi connectivity index (χ1v) is 4.33. The highest BCUT2D eigenvalue weighted by molar-refractivity contribution is 5.66. The number of nitrogen functional groups attached to an aromatic ring is 1. The highest BCUT2D eigenvalue weighted by Gasteiger charge is 2.02. The standard InChI is InChI=1S/C11H8F2N2/c12-9-3-8(4-10(14)5-9)7-1-2-11(13)15-6-7/h1-6H,14H2. The molecule has 2 rings (SSSR count). The Labute approximate surface area is 85.4 Å². The van der Waals surface area contributed by atoms with E-state index in [0.717, 1.165) is 0 Å². The van der Waals surface area contributed by atoms with Gasteiger partial charge in [0.2, 0.25) is 5.95 Å². The molecule has 2 N–H and O–H groups in total. The first-order valence-electron chi connectivity index (χ1n) is 4.33. The molecular weight excluding hydrogens is 198 g/mol. The van der Waals surface area contributed by atoms with Gasteiger partial charge in [0.15, 0.2) is 0 Å². The molecular formula is C11H8F2N2. The number of pyridine rings is 1. The molecule has 1 aromatic carbocycles. The summed E-state index contributed by atoms with van der Waals surface area (Å²) < 4.78 is 25.6. The summed E-state index contributed by atoms with van der Waals surface area (Å²) in [6.07, 6.45) is 1.34. The monoisotopic (exact) mass is 206 g/mol. The quantitative estimate of drug-likeness (QED) is 0.575. The molecule has 76 valence electrons. The minimum absolute atomic E-state index is 0.328. The second-order valence-electron chi connectivity index (χ2n) is 3.14. The summed E-state index contributed by atoms with van der Waals surface area (Å²) in [4.78, 5) is 3.48. The van der Waals surface area contributed by atoms with Crippen molar-refractivity contribution in [2.24, 2.45) is 0 Å². The van der Waals surface area contributed by atoms with Crippen LogP contribution in [-0.4, -0.2) is 4.98 Å². The minimum Gasteiger partial charge on any atom is -0.399 e. The van der Waals surface area contributed by atoms with E-state index in [1.165, 1.54) is 30.5 Å². The molecule has 4 heteroatoms. The Morgan fingerprint density at radius 2 is 1.80 bits per heavy atom. The Kier molecular flexibility index (Phi) is 2.33. The van der Waals surface area contributed by atoms with E-state index in [9.17, 15) is 8.78 Å². The lowest BCUT2D eigenvalue weighted by Crippen LogP contribution is -1.89.